The predicted octanol–water partition coefficient (Wildman–Crippen LogP) is 1.46. The van der Waals surface area contributed by atoms with E-state index in [4.69, 9.17) is 5.11 Å². The lowest BCUT2D eigenvalue weighted by Gasteiger charge is -1.73. The highest BCUT2D eigenvalue weighted by molar-refractivity contribution is 5.85. The van der Waals surface area contributed by atoms with Crippen LogP contribution in [0.1, 0.15) is 13.3 Å². The molecule has 1 N–H and O–H groups in total. The van der Waals surface area contributed by atoms with E-state index in [1.165, 1.54) is 0 Å². The van der Waals surface area contributed by atoms with Crippen molar-refractivity contribution in [3.63, 3.8) is 0 Å². The van der Waals surface area contributed by atoms with Gasteiger partial charge in [0.1, 0.15) is 0 Å². The summed E-state index contributed by atoms with van der Waals surface area (Å²) >= 11 is 0. The van der Waals surface area contributed by atoms with Crippen LogP contribution in [-0.4, -0.2) is 11.1 Å². The molecular weight excluding hydrogens is 128 g/mol. The van der Waals surface area contributed by atoms with Crippen LogP contribution in [0.2, 0.25) is 0 Å². The zero-order chi connectivity index (χ0) is 5.70. The number of hydrogen-bond acceptors (Lipinski definition) is 1. The van der Waals surface area contributed by atoms with E-state index in [9.17, 15) is 4.79 Å². The van der Waals surface area contributed by atoms with Crippen molar-refractivity contribution in [2.75, 3.05) is 0 Å². The van der Waals surface area contributed by atoms with Crippen LogP contribution in [-0.2, 0) is 4.79 Å². The zero-order valence-corrected chi connectivity index (χ0v) is 5.44. The molecule has 0 amide bonds. The van der Waals surface area contributed by atoms with E-state index in [2.05, 4.69) is 0 Å². The lowest BCUT2D eigenvalue weighted by atomic mass is 10.4. The van der Waals surface area contributed by atoms with Gasteiger partial charge in [0.2, 0.25) is 0 Å². The molecule has 8 heavy (non-hydrogen) atoms. The highest BCUT2D eigenvalue weighted by Gasteiger charge is 1.79. The molecule has 0 radical (unpaired) electrons. The molecule has 0 spiro atoms. The molecule has 0 aliphatic carbocycles. The van der Waals surface area contributed by atoms with Gasteiger partial charge in [-0.05, 0) is 6.42 Å². The molecule has 0 rings (SSSR count). The van der Waals surface area contributed by atoms with Crippen molar-refractivity contribution in [2.24, 2.45) is 0 Å². The Morgan fingerprint density at radius 1 is 1.75 bits per heavy atom. The Bertz CT molecular complexity index is 88.4. The summed E-state index contributed by atoms with van der Waals surface area (Å²) in [6.45, 7) is 1.89. The number of aliphatic carboxylic acids is 1. The molecule has 3 heteroatoms. The number of hydrogen-bond donors (Lipinski definition) is 1. The first-order chi connectivity index (χ1) is 3.27. The second kappa shape index (κ2) is 6.50. The first-order valence-electron chi connectivity index (χ1n) is 2.17. The topological polar surface area (TPSA) is 37.3 Å². The van der Waals surface area contributed by atoms with Crippen LogP contribution in [0.25, 0.3) is 0 Å². The maximum Gasteiger partial charge on any atom is 0.327 e. The summed E-state index contributed by atoms with van der Waals surface area (Å²) in [5, 5.41) is 7.96. The summed E-state index contributed by atoms with van der Waals surface area (Å²) in [6, 6.07) is 0. The standard InChI is InChI=1S/C5H8O2.ClH/c1-2-3-4-5(6)7;/h3-4H,2H2,1H3,(H,6,7);1H. The summed E-state index contributed by atoms with van der Waals surface area (Å²) in [5.74, 6) is -0.873. The zero-order valence-electron chi connectivity index (χ0n) is 4.63. The Balaban J connectivity index is 0. The Morgan fingerprint density at radius 3 is 2.38 bits per heavy atom. The summed E-state index contributed by atoms with van der Waals surface area (Å²) in [7, 11) is 0. The average molecular weight is 137 g/mol. The molecule has 0 bridgehead atoms. The van der Waals surface area contributed by atoms with Gasteiger partial charge in [-0.3, -0.25) is 0 Å². The third kappa shape index (κ3) is 9.09. The highest BCUT2D eigenvalue weighted by atomic mass is 35.5. The summed E-state index contributed by atoms with van der Waals surface area (Å²) in [6.07, 6.45) is 3.52. The molecule has 0 saturated heterocycles. The van der Waals surface area contributed by atoms with Crippen molar-refractivity contribution in [3.8, 4) is 0 Å². The third-order valence-electron chi connectivity index (χ3n) is 0.496. The number of halogens is 1. The fourth-order valence-corrected chi connectivity index (χ4v) is 0.219. The Kier molecular flexibility index (Phi) is 8.51. The molecule has 0 aromatic carbocycles. The molecular formula is C5H9ClO2. The summed E-state index contributed by atoms with van der Waals surface area (Å²) < 4.78 is 0. The van der Waals surface area contributed by atoms with Gasteiger partial charge in [-0.1, -0.05) is 13.0 Å². The van der Waals surface area contributed by atoms with Crippen LogP contribution in [0.15, 0.2) is 12.2 Å². The predicted molar refractivity (Wildman–Crippen MR) is 34.3 cm³/mol. The molecule has 0 saturated carbocycles. The lowest BCUT2D eigenvalue weighted by molar-refractivity contribution is -0.131. The number of carboxylic acid groups (broad SMARTS) is 1. The normalized spacial score (nSPS) is 8.62. The van der Waals surface area contributed by atoms with Crippen molar-refractivity contribution in [2.45, 2.75) is 13.3 Å². The summed E-state index contributed by atoms with van der Waals surface area (Å²) in [5.41, 5.74) is 0. The molecule has 0 aromatic heterocycles. The van der Waals surface area contributed by atoms with E-state index in [-0.39, 0.29) is 12.4 Å². The van der Waals surface area contributed by atoms with Crippen LogP contribution in [0.5, 0.6) is 0 Å². The van der Waals surface area contributed by atoms with Crippen LogP contribution in [0.4, 0.5) is 0 Å². The number of carbonyl (C=O) groups is 1. The van der Waals surface area contributed by atoms with Gasteiger partial charge in [-0.2, -0.15) is 0 Å². The minimum Gasteiger partial charge on any atom is -0.478 e. The van der Waals surface area contributed by atoms with Gasteiger partial charge in [0, 0.05) is 6.08 Å². The smallest absolute Gasteiger partial charge is 0.327 e. The lowest BCUT2D eigenvalue weighted by Crippen LogP contribution is -1.84. The molecule has 2 nitrogen and oxygen atoms in total. The SMILES string of the molecule is CCC=CC(=O)O.Cl. The molecule has 0 fully saturated rings. The van der Waals surface area contributed by atoms with Crippen molar-refractivity contribution in [3.05, 3.63) is 12.2 Å². The molecule has 48 valence electrons. The maximum absolute atomic E-state index is 9.67. The van der Waals surface area contributed by atoms with E-state index < -0.39 is 5.97 Å². The first-order valence-corrected chi connectivity index (χ1v) is 2.17. The van der Waals surface area contributed by atoms with Crippen LogP contribution in [0, 0.1) is 0 Å². The van der Waals surface area contributed by atoms with Crippen LogP contribution >= 0.6 is 12.4 Å². The first kappa shape index (κ1) is 10.5. The minimum atomic E-state index is -0.873. The second-order valence-corrected chi connectivity index (χ2v) is 1.15. The van der Waals surface area contributed by atoms with Gasteiger partial charge in [0.25, 0.3) is 0 Å². The van der Waals surface area contributed by atoms with Crippen LogP contribution < -0.4 is 0 Å². The van der Waals surface area contributed by atoms with Gasteiger partial charge >= 0.3 is 5.97 Å². The Labute approximate surface area is 54.6 Å². The quantitative estimate of drug-likeness (QED) is 0.584. The monoisotopic (exact) mass is 136 g/mol. The van der Waals surface area contributed by atoms with E-state index in [0.717, 1.165) is 12.5 Å². The highest BCUT2D eigenvalue weighted by Crippen LogP contribution is 1.76. The van der Waals surface area contributed by atoms with Gasteiger partial charge in [-0.25, -0.2) is 4.79 Å². The van der Waals surface area contributed by atoms with Gasteiger partial charge < -0.3 is 5.11 Å². The van der Waals surface area contributed by atoms with E-state index in [0.29, 0.717) is 0 Å². The van der Waals surface area contributed by atoms with Crippen LogP contribution in [0.3, 0.4) is 0 Å². The van der Waals surface area contributed by atoms with E-state index >= 15 is 0 Å². The van der Waals surface area contributed by atoms with E-state index in [1.807, 2.05) is 6.92 Å². The van der Waals surface area contributed by atoms with Gasteiger partial charge in [0.05, 0.1) is 0 Å². The van der Waals surface area contributed by atoms with Gasteiger partial charge in [0.15, 0.2) is 0 Å². The largest absolute Gasteiger partial charge is 0.478 e. The van der Waals surface area contributed by atoms with Crippen molar-refractivity contribution in [1.82, 2.24) is 0 Å². The fourth-order valence-electron chi connectivity index (χ4n) is 0.219. The molecule has 0 heterocycles. The molecule has 0 aliphatic rings. The molecule has 0 atom stereocenters. The molecule has 0 aliphatic heterocycles. The second-order valence-electron chi connectivity index (χ2n) is 1.15. The molecule has 0 aromatic rings. The Hall–Kier alpha value is -0.500. The summed E-state index contributed by atoms with van der Waals surface area (Å²) in [4.78, 5) is 9.67. The minimum absolute atomic E-state index is 0. The van der Waals surface area contributed by atoms with Crippen molar-refractivity contribution in [1.29, 1.82) is 0 Å². The van der Waals surface area contributed by atoms with E-state index in [1.54, 1.807) is 6.08 Å². The van der Waals surface area contributed by atoms with Gasteiger partial charge in [-0.15, -0.1) is 12.4 Å². The number of allylic oxidation sites excluding steroid dienone is 1. The number of rotatable bonds is 2. The number of carboxylic acids is 1. The van der Waals surface area contributed by atoms with Crippen molar-refractivity contribution >= 4 is 18.4 Å². The third-order valence-corrected chi connectivity index (χ3v) is 0.496. The fraction of sp³-hybridized carbons (Fsp3) is 0.400. The average Bonchev–Trinajstić information content (AvgIpc) is 1.61. The Morgan fingerprint density at radius 2 is 2.25 bits per heavy atom. The molecule has 0 unspecified atom stereocenters. The van der Waals surface area contributed by atoms with Crippen molar-refractivity contribution < 1.29 is 9.90 Å². The maximum atomic E-state index is 9.67.